The highest BCUT2D eigenvalue weighted by atomic mass is 79.9. The fourth-order valence-corrected chi connectivity index (χ4v) is 4.30. The van der Waals surface area contributed by atoms with Crippen LogP contribution in [0, 0.1) is 5.82 Å². The summed E-state index contributed by atoms with van der Waals surface area (Å²) < 4.78 is 38.3. The number of alkyl halides is 2. The van der Waals surface area contributed by atoms with Gasteiger partial charge in [-0.1, -0.05) is 50.1 Å². The quantitative estimate of drug-likeness (QED) is 0.511. The average molecular weight is 482 g/mol. The highest BCUT2D eigenvalue weighted by Crippen LogP contribution is 2.46. The Bertz CT molecular complexity index is 576. The van der Waals surface area contributed by atoms with Crippen molar-refractivity contribution in [3.05, 3.63) is 35.6 Å². The molecule has 1 aromatic carbocycles. The van der Waals surface area contributed by atoms with Crippen molar-refractivity contribution in [1.29, 1.82) is 0 Å². The molecule has 25 heavy (non-hydrogen) atoms. The normalized spacial score (nSPS) is 34.4. The second-order valence-electron chi connectivity index (χ2n) is 6.38. The molecule has 1 unspecified atom stereocenters. The van der Waals surface area contributed by atoms with Gasteiger partial charge in [0, 0.05) is 22.6 Å². The minimum Gasteiger partial charge on any atom is -0.368 e. The lowest BCUT2D eigenvalue weighted by Crippen LogP contribution is -2.41. The minimum atomic E-state index is -0.792. The van der Waals surface area contributed by atoms with E-state index in [-0.39, 0.29) is 37.0 Å². The van der Waals surface area contributed by atoms with E-state index in [4.69, 9.17) is 18.9 Å². The van der Waals surface area contributed by atoms with Gasteiger partial charge in [-0.25, -0.2) is 4.39 Å². The number of hydrogen-bond acceptors (Lipinski definition) is 4. The zero-order chi connectivity index (χ0) is 17.9. The second kappa shape index (κ2) is 8.76. The van der Waals surface area contributed by atoms with Crippen LogP contribution in [-0.4, -0.2) is 41.0 Å². The first-order valence-corrected chi connectivity index (χ1v) is 10.8. The van der Waals surface area contributed by atoms with Crippen LogP contribution in [0.4, 0.5) is 4.39 Å². The standard InChI is InChI=1S/C18H23Br2FO4/c1-12-16(22-11-13-5-2-3-6-14(13)21)17-18(24-12,8-10-20)25-15(23-17)7-4-9-19/h2-3,5-6,12,15-17H,4,7-11H2,1H3/t12-,15?,16+,17-,18-/m1/s1. The lowest BCUT2D eigenvalue weighted by atomic mass is 10.0. The van der Waals surface area contributed by atoms with Gasteiger partial charge in [-0.05, 0) is 25.8 Å². The molecule has 2 aliphatic heterocycles. The van der Waals surface area contributed by atoms with E-state index < -0.39 is 5.79 Å². The first-order chi connectivity index (χ1) is 12.1. The van der Waals surface area contributed by atoms with Crippen molar-refractivity contribution < 1.29 is 23.3 Å². The highest BCUT2D eigenvalue weighted by molar-refractivity contribution is 9.09. The topological polar surface area (TPSA) is 36.9 Å². The van der Waals surface area contributed by atoms with Gasteiger partial charge in [0.1, 0.15) is 18.0 Å². The molecule has 0 bridgehead atoms. The summed E-state index contributed by atoms with van der Waals surface area (Å²) in [5.74, 6) is -1.06. The first kappa shape index (κ1) is 19.7. The van der Waals surface area contributed by atoms with Gasteiger partial charge in [-0.2, -0.15) is 0 Å². The summed E-state index contributed by atoms with van der Waals surface area (Å²) in [6.07, 6.45) is 1.33. The smallest absolute Gasteiger partial charge is 0.201 e. The van der Waals surface area contributed by atoms with Gasteiger partial charge in [0.25, 0.3) is 0 Å². The van der Waals surface area contributed by atoms with Crippen LogP contribution < -0.4 is 0 Å². The van der Waals surface area contributed by atoms with Gasteiger partial charge in [-0.3, -0.25) is 0 Å². The van der Waals surface area contributed by atoms with Crippen LogP contribution in [0.2, 0.25) is 0 Å². The number of benzene rings is 1. The molecule has 0 spiro atoms. The molecular weight excluding hydrogens is 459 g/mol. The Morgan fingerprint density at radius 1 is 1.20 bits per heavy atom. The van der Waals surface area contributed by atoms with Crippen LogP contribution in [0.15, 0.2) is 24.3 Å². The number of ether oxygens (including phenoxy) is 4. The van der Waals surface area contributed by atoms with Crippen molar-refractivity contribution in [2.45, 2.75) is 63.2 Å². The summed E-state index contributed by atoms with van der Waals surface area (Å²) in [5, 5.41) is 1.64. The van der Waals surface area contributed by atoms with Crippen molar-refractivity contribution in [2.24, 2.45) is 0 Å². The van der Waals surface area contributed by atoms with E-state index in [1.807, 2.05) is 6.92 Å². The van der Waals surface area contributed by atoms with E-state index in [0.717, 1.165) is 23.5 Å². The molecule has 0 aromatic heterocycles. The number of fused-ring (bicyclic) bond motifs is 1. The van der Waals surface area contributed by atoms with E-state index in [0.29, 0.717) is 12.0 Å². The maximum Gasteiger partial charge on any atom is 0.201 e. The largest absolute Gasteiger partial charge is 0.368 e. The molecule has 7 heteroatoms. The van der Waals surface area contributed by atoms with Crippen LogP contribution in [-0.2, 0) is 25.6 Å². The Morgan fingerprint density at radius 2 is 2.00 bits per heavy atom. The fourth-order valence-electron chi connectivity index (χ4n) is 3.42. The summed E-state index contributed by atoms with van der Waals surface area (Å²) in [5.41, 5.74) is 0.530. The van der Waals surface area contributed by atoms with Gasteiger partial charge in [0.2, 0.25) is 5.79 Å². The van der Waals surface area contributed by atoms with Crippen LogP contribution in [0.25, 0.3) is 0 Å². The van der Waals surface area contributed by atoms with Crippen LogP contribution in [0.1, 0.15) is 31.7 Å². The van der Waals surface area contributed by atoms with E-state index >= 15 is 0 Å². The van der Waals surface area contributed by atoms with Crippen molar-refractivity contribution in [3.63, 3.8) is 0 Å². The molecule has 0 aliphatic carbocycles. The Kier molecular flexibility index (Phi) is 6.90. The zero-order valence-corrected chi connectivity index (χ0v) is 17.3. The summed E-state index contributed by atoms with van der Waals surface area (Å²) >= 11 is 6.91. The van der Waals surface area contributed by atoms with E-state index in [2.05, 4.69) is 31.9 Å². The minimum absolute atomic E-state index is 0.182. The molecule has 2 fully saturated rings. The number of halogens is 3. The molecule has 0 amide bonds. The maximum absolute atomic E-state index is 13.8. The van der Waals surface area contributed by atoms with Gasteiger partial charge >= 0.3 is 0 Å². The summed E-state index contributed by atoms with van der Waals surface area (Å²) in [4.78, 5) is 0. The Hall–Kier alpha value is -0.0500. The molecule has 2 aliphatic rings. The van der Waals surface area contributed by atoms with Crippen molar-refractivity contribution in [1.82, 2.24) is 0 Å². The lowest BCUT2D eigenvalue weighted by Gasteiger charge is -2.25. The Labute approximate surface area is 164 Å². The molecule has 5 atom stereocenters. The third-order valence-electron chi connectivity index (χ3n) is 4.61. The monoisotopic (exact) mass is 480 g/mol. The van der Waals surface area contributed by atoms with Gasteiger partial charge in [0.05, 0.1) is 12.7 Å². The summed E-state index contributed by atoms with van der Waals surface area (Å²) in [6, 6.07) is 6.64. The predicted octanol–water partition coefficient (Wildman–Crippen LogP) is 4.53. The van der Waals surface area contributed by atoms with E-state index in [1.165, 1.54) is 6.07 Å². The van der Waals surface area contributed by atoms with E-state index in [1.54, 1.807) is 18.2 Å². The Morgan fingerprint density at radius 3 is 2.72 bits per heavy atom. The zero-order valence-electron chi connectivity index (χ0n) is 14.1. The predicted molar refractivity (Wildman–Crippen MR) is 99.4 cm³/mol. The molecule has 3 rings (SSSR count). The van der Waals surface area contributed by atoms with Gasteiger partial charge in [0.15, 0.2) is 6.29 Å². The molecular formula is C18H23Br2FO4. The number of rotatable bonds is 8. The van der Waals surface area contributed by atoms with Crippen molar-refractivity contribution in [2.75, 3.05) is 10.7 Å². The second-order valence-corrected chi connectivity index (χ2v) is 7.96. The molecule has 4 nitrogen and oxygen atoms in total. The van der Waals surface area contributed by atoms with Crippen molar-refractivity contribution in [3.8, 4) is 0 Å². The lowest BCUT2D eigenvalue weighted by molar-refractivity contribution is -0.231. The highest BCUT2D eigenvalue weighted by Gasteiger charge is 2.61. The first-order valence-electron chi connectivity index (χ1n) is 8.57. The van der Waals surface area contributed by atoms with E-state index in [9.17, 15) is 4.39 Å². The molecule has 0 saturated carbocycles. The summed E-state index contributed by atoms with van der Waals surface area (Å²) in [6.45, 7) is 2.13. The molecule has 2 saturated heterocycles. The molecule has 1 aromatic rings. The van der Waals surface area contributed by atoms with Crippen LogP contribution in [0.3, 0.4) is 0 Å². The van der Waals surface area contributed by atoms with Gasteiger partial charge in [-0.15, -0.1) is 0 Å². The third-order valence-corrected chi connectivity index (χ3v) is 5.57. The fraction of sp³-hybridized carbons (Fsp3) is 0.667. The third kappa shape index (κ3) is 4.28. The number of hydrogen-bond donors (Lipinski definition) is 0. The Balaban J connectivity index is 1.70. The van der Waals surface area contributed by atoms with Crippen LogP contribution >= 0.6 is 31.9 Å². The molecule has 0 radical (unpaired) electrons. The average Bonchev–Trinajstić information content (AvgIpc) is 3.04. The van der Waals surface area contributed by atoms with Crippen molar-refractivity contribution >= 4 is 31.9 Å². The van der Waals surface area contributed by atoms with Crippen LogP contribution in [0.5, 0.6) is 0 Å². The van der Waals surface area contributed by atoms with Gasteiger partial charge < -0.3 is 18.9 Å². The maximum atomic E-state index is 13.8. The summed E-state index contributed by atoms with van der Waals surface area (Å²) in [7, 11) is 0. The SMILES string of the molecule is C[C@H]1O[C@]2(CCBr)OC(CCCBr)O[C@@H]2[C@H]1OCc1ccccc1F. The molecule has 2 heterocycles. The molecule has 140 valence electrons. The molecule has 0 N–H and O–H groups in total.